The first-order valence-electron chi connectivity index (χ1n) is 10.5. The van der Waals surface area contributed by atoms with Crippen LogP contribution in [0.2, 0.25) is 0 Å². The minimum absolute atomic E-state index is 0.0629. The third-order valence-electron chi connectivity index (χ3n) is 5.13. The fraction of sp³-hybridized carbons (Fsp3) is 0.231. The van der Waals surface area contributed by atoms with Gasteiger partial charge in [0.25, 0.3) is 0 Å². The highest BCUT2D eigenvalue weighted by molar-refractivity contribution is 7.07. The van der Waals surface area contributed by atoms with Crippen LogP contribution in [0, 0.1) is 6.92 Å². The van der Waals surface area contributed by atoms with E-state index in [4.69, 9.17) is 9.47 Å². The molecule has 33 heavy (non-hydrogen) atoms. The van der Waals surface area contributed by atoms with Crippen LogP contribution in [-0.2, 0) is 16.2 Å². The maximum absolute atomic E-state index is 11.3. The van der Waals surface area contributed by atoms with E-state index in [2.05, 4.69) is 0 Å². The predicted octanol–water partition coefficient (Wildman–Crippen LogP) is 6.11. The second-order valence-corrected chi connectivity index (χ2v) is 8.42. The van der Waals surface area contributed by atoms with Crippen molar-refractivity contribution in [3.8, 4) is 11.5 Å². The molecule has 0 saturated carbocycles. The van der Waals surface area contributed by atoms with E-state index < -0.39 is 18.0 Å². The first kappa shape index (κ1) is 24.1. The fourth-order valence-corrected chi connectivity index (χ4v) is 4.11. The normalized spacial score (nSPS) is 12.2. The van der Waals surface area contributed by atoms with Gasteiger partial charge in [0.05, 0.1) is 0 Å². The molecule has 0 amide bonds. The number of hydrogen-bond donors (Lipinski definition) is 2. The number of carboxylic acids is 2. The molecule has 1 atom stereocenters. The Kier molecular flexibility index (Phi) is 8.27. The molecule has 3 rings (SSSR count). The van der Waals surface area contributed by atoms with Crippen molar-refractivity contribution in [1.29, 1.82) is 0 Å². The minimum atomic E-state index is -1.06. The molecular weight excluding hydrogens is 440 g/mol. The SMILES string of the molecule is C/C(=C\C(=O)O)c1ccc(OCc2ccsc2)cc1OC(CCC(=O)O)c1ccccc1C. The lowest BCUT2D eigenvalue weighted by atomic mass is 9.99. The Bertz CT molecular complexity index is 1130. The molecule has 6 nitrogen and oxygen atoms in total. The van der Waals surface area contributed by atoms with Gasteiger partial charge < -0.3 is 19.7 Å². The zero-order valence-electron chi connectivity index (χ0n) is 18.5. The number of thiophene rings is 1. The molecule has 0 aliphatic rings. The number of hydrogen-bond acceptors (Lipinski definition) is 5. The molecule has 0 saturated heterocycles. The largest absolute Gasteiger partial charge is 0.489 e. The third-order valence-corrected chi connectivity index (χ3v) is 5.86. The second kappa shape index (κ2) is 11.3. The lowest BCUT2D eigenvalue weighted by Crippen LogP contribution is -2.12. The number of ether oxygens (including phenoxy) is 2. The Labute approximate surface area is 196 Å². The summed E-state index contributed by atoms with van der Waals surface area (Å²) >= 11 is 1.59. The van der Waals surface area contributed by atoms with Crippen LogP contribution in [0.4, 0.5) is 0 Å². The molecular formula is C26H26O6S. The number of allylic oxidation sites excluding steroid dienone is 1. The van der Waals surface area contributed by atoms with E-state index in [0.717, 1.165) is 22.8 Å². The van der Waals surface area contributed by atoms with E-state index >= 15 is 0 Å². The Morgan fingerprint density at radius 2 is 1.91 bits per heavy atom. The summed E-state index contributed by atoms with van der Waals surface area (Å²) in [5, 5.41) is 22.4. The second-order valence-electron chi connectivity index (χ2n) is 7.64. The molecule has 0 fully saturated rings. The van der Waals surface area contributed by atoms with Crippen molar-refractivity contribution < 1.29 is 29.3 Å². The predicted molar refractivity (Wildman–Crippen MR) is 128 cm³/mol. The molecule has 0 spiro atoms. The van der Waals surface area contributed by atoms with Gasteiger partial charge in [0.1, 0.15) is 24.2 Å². The maximum atomic E-state index is 11.3. The molecule has 0 radical (unpaired) electrons. The van der Waals surface area contributed by atoms with Gasteiger partial charge in [0, 0.05) is 24.1 Å². The van der Waals surface area contributed by atoms with Crippen molar-refractivity contribution in [2.45, 2.75) is 39.4 Å². The standard InChI is InChI=1S/C26H26O6S/c1-17-5-3-4-6-21(17)23(9-10-25(27)28)32-24-14-20(31-15-19-11-12-33-16-19)7-8-22(24)18(2)13-26(29)30/h3-8,11-14,16,23H,9-10,15H2,1-2H3,(H,27,28)(H,29,30)/b18-13+. The first-order chi connectivity index (χ1) is 15.8. The van der Waals surface area contributed by atoms with Gasteiger partial charge in [-0.1, -0.05) is 24.3 Å². The number of rotatable bonds is 11. The monoisotopic (exact) mass is 466 g/mol. The third kappa shape index (κ3) is 6.95. The zero-order chi connectivity index (χ0) is 23.8. The Morgan fingerprint density at radius 1 is 1.12 bits per heavy atom. The van der Waals surface area contributed by atoms with Crippen LogP contribution in [0.5, 0.6) is 11.5 Å². The zero-order valence-corrected chi connectivity index (χ0v) is 19.3. The molecule has 1 aromatic heterocycles. The van der Waals surface area contributed by atoms with Crippen LogP contribution in [-0.4, -0.2) is 22.2 Å². The first-order valence-corrected chi connectivity index (χ1v) is 11.4. The summed E-state index contributed by atoms with van der Waals surface area (Å²) < 4.78 is 12.3. The van der Waals surface area contributed by atoms with Gasteiger partial charge >= 0.3 is 11.9 Å². The van der Waals surface area contributed by atoms with Crippen molar-refractivity contribution in [3.63, 3.8) is 0 Å². The molecule has 1 heterocycles. The summed E-state index contributed by atoms with van der Waals surface area (Å²) in [4.78, 5) is 22.5. The lowest BCUT2D eigenvalue weighted by Gasteiger charge is -2.23. The van der Waals surface area contributed by atoms with Crippen LogP contribution in [0.1, 0.15) is 48.1 Å². The van der Waals surface area contributed by atoms with E-state index in [0.29, 0.717) is 29.2 Å². The molecule has 172 valence electrons. The average molecular weight is 467 g/mol. The number of aliphatic carboxylic acids is 2. The molecule has 0 aliphatic carbocycles. The van der Waals surface area contributed by atoms with E-state index in [-0.39, 0.29) is 12.8 Å². The van der Waals surface area contributed by atoms with E-state index in [1.807, 2.05) is 48.0 Å². The van der Waals surface area contributed by atoms with E-state index in [1.54, 1.807) is 36.5 Å². The highest BCUT2D eigenvalue weighted by atomic mass is 32.1. The van der Waals surface area contributed by atoms with Crippen molar-refractivity contribution in [1.82, 2.24) is 0 Å². The Balaban J connectivity index is 1.97. The smallest absolute Gasteiger partial charge is 0.328 e. The van der Waals surface area contributed by atoms with Crippen LogP contribution in [0.3, 0.4) is 0 Å². The lowest BCUT2D eigenvalue weighted by molar-refractivity contribution is -0.137. The molecule has 3 aromatic rings. The molecule has 2 N–H and O–H groups in total. The van der Waals surface area contributed by atoms with Crippen LogP contribution >= 0.6 is 11.3 Å². The number of carbonyl (C=O) groups is 2. The summed E-state index contributed by atoms with van der Waals surface area (Å²) in [5.41, 5.74) is 4.04. The van der Waals surface area contributed by atoms with Gasteiger partial charge in [-0.25, -0.2) is 4.79 Å². The van der Waals surface area contributed by atoms with Gasteiger partial charge in [-0.15, -0.1) is 0 Å². The summed E-state index contributed by atoms with van der Waals surface area (Å²) in [6, 6.07) is 14.9. The van der Waals surface area contributed by atoms with Crippen LogP contribution in [0.15, 0.2) is 65.4 Å². The van der Waals surface area contributed by atoms with Crippen LogP contribution < -0.4 is 9.47 Å². The van der Waals surface area contributed by atoms with Crippen molar-refractivity contribution in [2.24, 2.45) is 0 Å². The van der Waals surface area contributed by atoms with Crippen molar-refractivity contribution in [3.05, 3.63) is 87.6 Å². The van der Waals surface area contributed by atoms with E-state index in [9.17, 15) is 19.8 Å². The van der Waals surface area contributed by atoms with E-state index in [1.165, 1.54) is 0 Å². The number of aryl methyl sites for hydroxylation is 1. The molecule has 1 unspecified atom stereocenters. The highest BCUT2D eigenvalue weighted by Crippen LogP contribution is 2.36. The maximum Gasteiger partial charge on any atom is 0.328 e. The van der Waals surface area contributed by atoms with Crippen molar-refractivity contribution in [2.75, 3.05) is 0 Å². The van der Waals surface area contributed by atoms with Gasteiger partial charge in [-0.3, -0.25) is 4.79 Å². The topological polar surface area (TPSA) is 93.1 Å². The van der Waals surface area contributed by atoms with Gasteiger partial charge in [0.2, 0.25) is 0 Å². The van der Waals surface area contributed by atoms with Crippen LogP contribution in [0.25, 0.3) is 5.57 Å². The molecule has 2 aromatic carbocycles. The summed E-state index contributed by atoms with van der Waals surface area (Å²) in [5.74, 6) is -0.957. The summed E-state index contributed by atoms with van der Waals surface area (Å²) in [6.45, 7) is 4.04. The quantitative estimate of drug-likeness (QED) is 0.331. The van der Waals surface area contributed by atoms with Gasteiger partial charge in [-0.05, 0) is 71.5 Å². The van der Waals surface area contributed by atoms with Crippen molar-refractivity contribution >= 4 is 28.8 Å². The summed E-state index contributed by atoms with van der Waals surface area (Å²) in [7, 11) is 0. The molecule has 0 aliphatic heterocycles. The molecule has 7 heteroatoms. The number of benzene rings is 2. The average Bonchev–Trinajstić information content (AvgIpc) is 3.29. The number of carboxylic acid groups (broad SMARTS) is 2. The Morgan fingerprint density at radius 3 is 2.58 bits per heavy atom. The molecule has 0 bridgehead atoms. The van der Waals surface area contributed by atoms with Gasteiger partial charge in [0.15, 0.2) is 0 Å². The summed E-state index contributed by atoms with van der Waals surface area (Å²) in [6.07, 6.45) is 0.799. The van der Waals surface area contributed by atoms with Gasteiger partial charge in [-0.2, -0.15) is 11.3 Å². The minimum Gasteiger partial charge on any atom is -0.489 e. The highest BCUT2D eigenvalue weighted by Gasteiger charge is 2.20. The fourth-order valence-electron chi connectivity index (χ4n) is 3.45. The Hall–Kier alpha value is -3.58.